The first-order valence-corrected chi connectivity index (χ1v) is 13.2. The van der Waals surface area contributed by atoms with Crippen LogP contribution in [0.2, 0.25) is 0 Å². The number of benzene rings is 3. The van der Waals surface area contributed by atoms with Crippen molar-refractivity contribution in [2.45, 2.75) is 20.0 Å². The van der Waals surface area contributed by atoms with Gasteiger partial charge in [-0.3, -0.25) is 9.29 Å². The summed E-state index contributed by atoms with van der Waals surface area (Å²) in [5.41, 5.74) is 8.73. The Morgan fingerprint density at radius 3 is 2.39 bits per heavy atom. The largest absolute Gasteiger partial charge is 0.492 e. The molecule has 0 N–H and O–H groups in total. The lowest BCUT2D eigenvalue weighted by Gasteiger charge is -2.37. The first-order valence-electron chi connectivity index (χ1n) is 13.2. The summed E-state index contributed by atoms with van der Waals surface area (Å²) in [6, 6.07) is 19.0. The van der Waals surface area contributed by atoms with Crippen molar-refractivity contribution in [2.75, 3.05) is 32.9 Å². The van der Waals surface area contributed by atoms with Gasteiger partial charge in [0.25, 0.3) is 0 Å². The average molecular weight is 514 g/mol. The Balaban J connectivity index is 0.00000308. The first-order chi connectivity index (χ1) is 18.5. The molecule has 1 saturated heterocycles. The summed E-state index contributed by atoms with van der Waals surface area (Å²) in [5.74, 6) is 1.57. The van der Waals surface area contributed by atoms with Crippen LogP contribution in [0.15, 0.2) is 78.9 Å². The van der Waals surface area contributed by atoms with Crippen molar-refractivity contribution in [3.63, 3.8) is 0 Å². The second-order valence-electron chi connectivity index (χ2n) is 10.4. The Morgan fingerprint density at radius 1 is 1.00 bits per heavy atom. The van der Waals surface area contributed by atoms with Gasteiger partial charge in [-0.1, -0.05) is 42.5 Å². The molecule has 0 radical (unpaired) electrons. The van der Waals surface area contributed by atoms with Crippen LogP contribution in [0.1, 0.15) is 42.3 Å². The molecule has 0 aromatic heterocycles. The molecule has 5 heteroatoms. The highest BCUT2D eigenvalue weighted by atomic mass is 19.1. The number of halogens is 2. The molecule has 1 fully saturated rings. The molecule has 196 valence electrons. The molecule has 2 aliphatic heterocycles. The van der Waals surface area contributed by atoms with Gasteiger partial charge in [0.05, 0.1) is 6.67 Å². The Bertz CT molecular complexity index is 1440. The number of ether oxygens (including phenoxy) is 2. The van der Waals surface area contributed by atoms with Crippen molar-refractivity contribution in [2.24, 2.45) is 5.92 Å². The molecule has 1 aliphatic carbocycles. The van der Waals surface area contributed by atoms with Crippen LogP contribution in [0.3, 0.4) is 0 Å². The third-order valence-electron chi connectivity index (χ3n) is 7.77. The molecule has 0 spiro atoms. The fourth-order valence-corrected chi connectivity index (χ4v) is 5.50. The highest BCUT2D eigenvalue weighted by molar-refractivity contribution is 5.97. The smallest absolute Gasteiger partial charge is 0.150 e. The van der Waals surface area contributed by atoms with E-state index in [4.69, 9.17) is 9.47 Å². The van der Waals surface area contributed by atoms with Crippen LogP contribution >= 0.6 is 0 Å². The summed E-state index contributed by atoms with van der Waals surface area (Å²) in [7, 11) is 0. The van der Waals surface area contributed by atoms with Gasteiger partial charge in [0.1, 0.15) is 30.0 Å². The standard InChI is InChI=1S/C33H31F2NO2.H2/c1-21-16-31-30(17-29(21)24-4-3-5-24)22(2)32(25-6-10-27(35)11-7-25)33(38-31)26-8-12-28(13-9-26)37-15-14-36-19-23(18-34)20-36;/h3-13,16-17,23,33H,14-15,18-20H2,1-2H3;1H. The normalized spacial score (nSPS) is 18.8. The average Bonchev–Trinajstić information content (AvgIpc) is 2.86. The maximum absolute atomic E-state index is 13.8. The molecule has 2 heterocycles. The van der Waals surface area contributed by atoms with Crippen molar-refractivity contribution in [1.29, 1.82) is 0 Å². The van der Waals surface area contributed by atoms with Gasteiger partial charge in [0.2, 0.25) is 0 Å². The molecule has 3 aromatic carbocycles. The van der Waals surface area contributed by atoms with Crippen molar-refractivity contribution >= 4 is 16.7 Å². The monoisotopic (exact) mass is 513 g/mol. The maximum atomic E-state index is 13.8. The lowest BCUT2D eigenvalue weighted by molar-refractivity contribution is 0.0668. The Morgan fingerprint density at radius 2 is 1.74 bits per heavy atom. The second-order valence-corrected chi connectivity index (χ2v) is 10.4. The number of hydrogen-bond acceptors (Lipinski definition) is 3. The topological polar surface area (TPSA) is 21.7 Å². The van der Waals surface area contributed by atoms with Crippen LogP contribution < -0.4 is 9.47 Å². The molecular formula is C33H33F2NO2. The number of nitrogens with zero attached hydrogens (tertiary/aromatic N) is 1. The number of likely N-dealkylation sites (tertiary alicyclic amines) is 1. The number of allylic oxidation sites excluding steroid dienone is 5. The van der Waals surface area contributed by atoms with Crippen LogP contribution in [0, 0.1) is 18.7 Å². The minimum atomic E-state index is -0.339. The molecule has 1 atom stereocenters. The molecule has 0 bridgehead atoms. The summed E-state index contributed by atoms with van der Waals surface area (Å²) in [5, 5.41) is 0. The highest BCUT2D eigenvalue weighted by Gasteiger charge is 2.30. The van der Waals surface area contributed by atoms with Crippen LogP contribution in [-0.4, -0.2) is 37.8 Å². The van der Waals surface area contributed by atoms with Crippen LogP contribution in [0.5, 0.6) is 11.5 Å². The second kappa shape index (κ2) is 10.2. The molecule has 3 nitrogen and oxygen atoms in total. The molecule has 0 amide bonds. The van der Waals surface area contributed by atoms with E-state index in [0.717, 1.165) is 59.0 Å². The summed E-state index contributed by atoms with van der Waals surface area (Å²) >= 11 is 0. The minimum Gasteiger partial charge on any atom is -0.492 e. The van der Waals surface area contributed by atoms with E-state index < -0.39 is 0 Å². The molecule has 0 saturated carbocycles. The van der Waals surface area contributed by atoms with E-state index in [-0.39, 0.29) is 25.9 Å². The van der Waals surface area contributed by atoms with E-state index in [1.807, 2.05) is 42.5 Å². The van der Waals surface area contributed by atoms with Gasteiger partial charge in [-0.2, -0.15) is 0 Å². The van der Waals surface area contributed by atoms with Crippen molar-refractivity contribution in [3.8, 4) is 11.5 Å². The zero-order valence-corrected chi connectivity index (χ0v) is 21.7. The fourth-order valence-electron chi connectivity index (χ4n) is 5.50. The molecule has 3 aromatic rings. The van der Waals surface area contributed by atoms with Crippen molar-refractivity contribution < 1.29 is 19.7 Å². The van der Waals surface area contributed by atoms with Crippen LogP contribution in [-0.2, 0) is 0 Å². The number of aryl methyl sites for hydroxylation is 1. The van der Waals surface area contributed by atoms with Gasteiger partial charge in [0.15, 0.2) is 0 Å². The van der Waals surface area contributed by atoms with E-state index in [2.05, 4.69) is 43.0 Å². The zero-order valence-electron chi connectivity index (χ0n) is 21.7. The van der Waals surface area contributed by atoms with Crippen molar-refractivity contribution in [1.82, 2.24) is 4.90 Å². The third kappa shape index (κ3) is 4.67. The number of rotatable bonds is 8. The van der Waals surface area contributed by atoms with E-state index >= 15 is 0 Å². The highest BCUT2D eigenvalue weighted by Crippen LogP contribution is 2.48. The predicted octanol–water partition coefficient (Wildman–Crippen LogP) is 7.68. The predicted molar refractivity (Wildman–Crippen MR) is 151 cm³/mol. The third-order valence-corrected chi connectivity index (χ3v) is 7.77. The lowest BCUT2D eigenvalue weighted by atomic mass is 9.84. The van der Waals surface area contributed by atoms with E-state index in [9.17, 15) is 8.78 Å². The number of hydrogen-bond donors (Lipinski definition) is 0. The lowest BCUT2D eigenvalue weighted by Crippen LogP contribution is -2.49. The van der Waals surface area contributed by atoms with Gasteiger partial charge < -0.3 is 9.47 Å². The van der Waals surface area contributed by atoms with Gasteiger partial charge in [-0.25, -0.2) is 4.39 Å². The first kappa shape index (κ1) is 24.6. The van der Waals surface area contributed by atoms with E-state index in [0.29, 0.717) is 6.61 Å². The molecule has 3 aliphatic rings. The molecule has 38 heavy (non-hydrogen) atoms. The van der Waals surface area contributed by atoms with Gasteiger partial charge in [0, 0.05) is 38.1 Å². The van der Waals surface area contributed by atoms with Crippen LogP contribution in [0.4, 0.5) is 8.78 Å². The Hall–Kier alpha value is -3.70. The quantitative estimate of drug-likeness (QED) is 0.308. The van der Waals surface area contributed by atoms with Gasteiger partial charge in [-0.05, 0) is 83.6 Å². The van der Waals surface area contributed by atoms with Crippen molar-refractivity contribution in [3.05, 3.63) is 113 Å². The van der Waals surface area contributed by atoms with E-state index in [1.54, 1.807) is 0 Å². The van der Waals surface area contributed by atoms with Gasteiger partial charge in [-0.15, -0.1) is 0 Å². The molecular weight excluding hydrogens is 480 g/mol. The molecule has 1 unspecified atom stereocenters. The summed E-state index contributed by atoms with van der Waals surface area (Å²) in [6.45, 7) is 6.98. The fraction of sp³-hybridized carbons (Fsp3) is 0.273. The summed E-state index contributed by atoms with van der Waals surface area (Å²) < 4.78 is 39.1. The SMILES string of the molecule is CC1=C(c2ccc(F)cc2)C(c2ccc(OCCN3CC(CF)C3)cc2)Oc2cc(C)c(C3=CC=C3)cc21.[HH]. The Labute approximate surface area is 224 Å². The summed E-state index contributed by atoms with van der Waals surface area (Å²) in [6.07, 6.45) is 5.95. The summed E-state index contributed by atoms with van der Waals surface area (Å²) in [4.78, 5) is 2.21. The van der Waals surface area contributed by atoms with Gasteiger partial charge >= 0.3 is 0 Å². The van der Waals surface area contributed by atoms with Crippen LogP contribution in [0.25, 0.3) is 16.7 Å². The molecule has 6 rings (SSSR count). The number of alkyl halides is 1. The Kier molecular flexibility index (Phi) is 6.62. The number of fused-ring (bicyclic) bond motifs is 1. The minimum absolute atomic E-state index is 0. The maximum Gasteiger partial charge on any atom is 0.150 e. The van der Waals surface area contributed by atoms with E-state index in [1.165, 1.54) is 28.8 Å². The zero-order chi connectivity index (χ0) is 26.2.